The molecule has 2 aromatic heterocycles. The molecule has 1 unspecified atom stereocenters. The number of rotatable bonds is 6. The van der Waals surface area contributed by atoms with Crippen LogP contribution in [0.3, 0.4) is 0 Å². The number of aryl methyl sites for hydroxylation is 1. The molecule has 38 heavy (non-hydrogen) atoms. The lowest BCUT2D eigenvalue weighted by atomic mass is 10.1. The molecule has 6 nitrogen and oxygen atoms in total. The number of benzene rings is 3. The third-order valence-electron chi connectivity index (χ3n) is 6.35. The molecule has 0 amide bonds. The fourth-order valence-corrected chi connectivity index (χ4v) is 6.23. The molecule has 0 N–H and O–H groups in total. The van der Waals surface area contributed by atoms with Crippen LogP contribution in [0.2, 0.25) is 0 Å². The summed E-state index contributed by atoms with van der Waals surface area (Å²) in [6, 6.07) is 17.1. The van der Waals surface area contributed by atoms with Gasteiger partial charge in [0.1, 0.15) is 22.2 Å². The molecule has 0 aliphatic carbocycles. The van der Waals surface area contributed by atoms with Crippen LogP contribution in [0.4, 0.5) is 8.78 Å². The summed E-state index contributed by atoms with van der Waals surface area (Å²) in [5.41, 5.74) is 0.0341. The predicted molar refractivity (Wildman–Crippen MR) is 146 cm³/mol. The summed E-state index contributed by atoms with van der Waals surface area (Å²) < 4.78 is 48.9. The van der Waals surface area contributed by atoms with Crippen molar-refractivity contribution in [3.63, 3.8) is 0 Å². The van der Waals surface area contributed by atoms with Crippen molar-refractivity contribution in [3.8, 4) is 21.9 Å². The molecule has 0 spiro atoms. The molecule has 0 bridgehead atoms. The van der Waals surface area contributed by atoms with Gasteiger partial charge in [0.05, 0.1) is 24.7 Å². The van der Waals surface area contributed by atoms with Crippen LogP contribution in [0.15, 0.2) is 81.2 Å². The molecule has 5 rings (SSSR count). The lowest BCUT2D eigenvalue weighted by Gasteiger charge is -2.14. The van der Waals surface area contributed by atoms with Gasteiger partial charge in [0.25, 0.3) is 5.56 Å². The third kappa shape index (κ3) is 4.39. The summed E-state index contributed by atoms with van der Waals surface area (Å²) in [4.78, 5) is 29.2. The van der Waals surface area contributed by atoms with Crippen LogP contribution in [0.1, 0.15) is 11.1 Å². The Bertz CT molecular complexity index is 1820. The maximum atomic E-state index is 14.7. The highest BCUT2D eigenvalue weighted by molar-refractivity contribution is 7.84. The number of methoxy groups -OCH3 is 1. The quantitative estimate of drug-likeness (QED) is 0.288. The fourth-order valence-electron chi connectivity index (χ4n) is 4.37. The first-order chi connectivity index (χ1) is 18.2. The number of hydrogen-bond acceptors (Lipinski definition) is 5. The number of hydrogen-bond donors (Lipinski definition) is 0. The van der Waals surface area contributed by atoms with Gasteiger partial charge in [0.2, 0.25) is 0 Å². The van der Waals surface area contributed by atoms with Crippen LogP contribution in [0, 0.1) is 18.6 Å². The van der Waals surface area contributed by atoms with Crippen LogP contribution in [-0.2, 0) is 17.3 Å². The Labute approximate surface area is 222 Å². The molecule has 0 saturated heterocycles. The molecular formula is C28H22F2N2O4S2. The van der Waals surface area contributed by atoms with Gasteiger partial charge in [-0.2, -0.15) is 0 Å². The zero-order chi connectivity index (χ0) is 27.1. The molecule has 0 aliphatic heterocycles. The van der Waals surface area contributed by atoms with Crippen LogP contribution in [-0.4, -0.2) is 26.7 Å². The van der Waals surface area contributed by atoms with Gasteiger partial charge in [-0.25, -0.2) is 18.1 Å². The Hall–Kier alpha value is -3.89. The zero-order valence-electron chi connectivity index (χ0n) is 20.7. The van der Waals surface area contributed by atoms with Gasteiger partial charge in [0, 0.05) is 32.4 Å². The van der Waals surface area contributed by atoms with E-state index in [1.807, 2.05) is 12.1 Å². The van der Waals surface area contributed by atoms with Crippen molar-refractivity contribution in [3.05, 3.63) is 110 Å². The van der Waals surface area contributed by atoms with Gasteiger partial charge in [-0.1, -0.05) is 12.1 Å². The number of halogens is 2. The summed E-state index contributed by atoms with van der Waals surface area (Å²) in [6.07, 6.45) is 1.49. The van der Waals surface area contributed by atoms with Crippen molar-refractivity contribution in [2.75, 3.05) is 13.4 Å². The normalized spacial score (nSPS) is 12.1. The van der Waals surface area contributed by atoms with Crippen molar-refractivity contribution in [1.29, 1.82) is 0 Å². The van der Waals surface area contributed by atoms with Crippen LogP contribution in [0.5, 0.6) is 5.75 Å². The smallest absolute Gasteiger partial charge is 0.337 e. The van der Waals surface area contributed by atoms with Crippen molar-refractivity contribution in [2.45, 2.75) is 18.4 Å². The summed E-state index contributed by atoms with van der Waals surface area (Å²) in [5.74, 6) is -0.931. The van der Waals surface area contributed by atoms with Gasteiger partial charge in [-0.3, -0.25) is 13.6 Å². The highest BCUT2D eigenvalue weighted by Gasteiger charge is 2.23. The van der Waals surface area contributed by atoms with E-state index in [0.717, 1.165) is 27.1 Å². The predicted octanol–water partition coefficient (Wildman–Crippen LogP) is 5.26. The Morgan fingerprint density at radius 2 is 1.63 bits per heavy atom. The van der Waals surface area contributed by atoms with E-state index in [0.29, 0.717) is 21.0 Å². The Balaban J connectivity index is 1.85. The van der Waals surface area contributed by atoms with Gasteiger partial charge >= 0.3 is 5.69 Å². The first-order valence-corrected chi connectivity index (χ1v) is 13.9. The lowest BCUT2D eigenvalue weighted by Crippen LogP contribution is -2.39. The summed E-state index contributed by atoms with van der Waals surface area (Å²) in [5, 5.41) is 0.264. The number of nitrogens with zero attached hydrogens (tertiary/aromatic N) is 2. The molecular weight excluding hydrogens is 530 g/mol. The second-order valence-electron chi connectivity index (χ2n) is 8.63. The molecule has 1 atom stereocenters. The highest BCUT2D eigenvalue weighted by Crippen LogP contribution is 2.37. The molecule has 5 aromatic rings. The van der Waals surface area contributed by atoms with E-state index < -0.39 is 40.2 Å². The van der Waals surface area contributed by atoms with E-state index in [9.17, 15) is 22.6 Å². The monoisotopic (exact) mass is 552 g/mol. The second-order valence-corrected chi connectivity index (χ2v) is 11.0. The number of aromatic nitrogens is 2. The minimum atomic E-state index is -1.36. The second kappa shape index (κ2) is 10.1. The fraction of sp³-hybridized carbons (Fsp3) is 0.143. The summed E-state index contributed by atoms with van der Waals surface area (Å²) >= 11 is 1.20. The van der Waals surface area contributed by atoms with Crippen molar-refractivity contribution >= 4 is 32.4 Å². The topological polar surface area (TPSA) is 70.3 Å². The largest absolute Gasteiger partial charge is 0.497 e. The molecule has 2 heterocycles. The SMILES string of the molecule is COc1ccc(-c2sc3c(c2C)c(=O)n(-c2cccc(S(C)=O)c2)c(=O)n3Cc2c(F)cccc2F)cc1. The van der Waals surface area contributed by atoms with E-state index in [2.05, 4.69) is 0 Å². The first kappa shape index (κ1) is 25.7. The number of fused-ring (bicyclic) bond motifs is 1. The third-order valence-corrected chi connectivity index (χ3v) is 8.63. The summed E-state index contributed by atoms with van der Waals surface area (Å²) in [7, 11) is 0.205. The lowest BCUT2D eigenvalue weighted by molar-refractivity contribution is 0.415. The maximum absolute atomic E-state index is 14.7. The van der Waals surface area contributed by atoms with E-state index in [1.165, 1.54) is 34.3 Å². The van der Waals surface area contributed by atoms with E-state index in [1.54, 1.807) is 44.4 Å². The molecule has 3 aromatic carbocycles. The average molecular weight is 553 g/mol. The van der Waals surface area contributed by atoms with Crippen molar-refractivity contribution in [1.82, 2.24) is 9.13 Å². The molecule has 194 valence electrons. The minimum Gasteiger partial charge on any atom is -0.497 e. The standard InChI is InChI=1S/C28H22F2N2O4S2/c1-16-24-26(33)32(18-6-4-7-20(14-18)38(3)35)28(34)31(15-21-22(29)8-5-9-23(21)30)27(24)37-25(16)17-10-12-19(36-2)13-11-17/h4-14H,15H2,1-3H3. The average Bonchev–Trinajstić information content (AvgIpc) is 3.25. The number of ether oxygens (including phenoxy) is 1. The molecule has 0 fully saturated rings. The highest BCUT2D eigenvalue weighted by atomic mass is 32.2. The van der Waals surface area contributed by atoms with Crippen molar-refractivity contribution < 1.29 is 17.7 Å². The number of thiophene rings is 1. The van der Waals surface area contributed by atoms with E-state index >= 15 is 0 Å². The van der Waals surface area contributed by atoms with Crippen LogP contribution in [0.25, 0.3) is 26.3 Å². The Morgan fingerprint density at radius 1 is 0.974 bits per heavy atom. The van der Waals surface area contributed by atoms with Gasteiger partial charge in [-0.05, 0) is 72.6 Å². The summed E-state index contributed by atoms with van der Waals surface area (Å²) in [6.45, 7) is 1.36. The first-order valence-electron chi connectivity index (χ1n) is 11.5. The molecule has 0 saturated carbocycles. The van der Waals surface area contributed by atoms with Gasteiger partial charge < -0.3 is 4.74 Å². The van der Waals surface area contributed by atoms with Crippen LogP contribution < -0.4 is 16.0 Å². The van der Waals surface area contributed by atoms with Crippen LogP contribution >= 0.6 is 11.3 Å². The molecule has 0 aliphatic rings. The minimum absolute atomic E-state index is 0.217. The maximum Gasteiger partial charge on any atom is 0.337 e. The zero-order valence-corrected chi connectivity index (χ0v) is 22.3. The van der Waals surface area contributed by atoms with Crippen molar-refractivity contribution in [2.24, 2.45) is 0 Å². The van der Waals surface area contributed by atoms with Gasteiger partial charge in [0.15, 0.2) is 0 Å². The van der Waals surface area contributed by atoms with E-state index in [4.69, 9.17) is 4.74 Å². The molecule has 0 radical (unpaired) electrons. The molecule has 10 heteroatoms. The van der Waals surface area contributed by atoms with E-state index in [-0.39, 0.29) is 16.6 Å². The Morgan fingerprint density at radius 3 is 2.26 bits per heavy atom. The van der Waals surface area contributed by atoms with Gasteiger partial charge in [-0.15, -0.1) is 11.3 Å². The Kier molecular flexibility index (Phi) is 6.85.